The second-order valence-electron chi connectivity index (χ2n) is 3.93. The van der Waals surface area contributed by atoms with Crippen molar-refractivity contribution in [1.82, 2.24) is 0 Å². The van der Waals surface area contributed by atoms with E-state index < -0.39 is 22.5 Å². The SMILES string of the molecule is CCC(CCN)S(=O)c1cccc(C(F)(F)F)c1. The Labute approximate surface area is 107 Å². The van der Waals surface area contributed by atoms with Crippen LogP contribution in [0.2, 0.25) is 0 Å². The van der Waals surface area contributed by atoms with Crippen molar-refractivity contribution in [2.45, 2.75) is 36.1 Å². The Morgan fingerprint density at radius 3 is 2.56 bits per heavy atom. The molecule has 2 N–H and O–H groups in total. The van der Waals surface area contributed by atoms with Gasteiger partial charge in [0.15, 0.2) is 0 Å². The van der Waals surface area contributed by atoms with Gasteiger partial charge in [0.1, 0.15) is 0 Å². The summed E-state index contributed by atoms with van der Waals surface area (Å²) in [5.74, 6) is 0. The van der Waals surface area contributed by atoms with Crippen LogP contribution in [0.5, 0.6) is 0 Å². The van der Waals surface area contributed by atoms with E-state index >= 15 is 0 Å². The van der Waals surface area contributed by atoms with Gasteiger partial charge in [0.2, 0.25) is 0 Å². The molecule has 2 unspecified atom stereocenters. The van der Waals surface area contributed by atoms with E-state index in [1.807, 2.05) is 6.92 Å². The first kappa shape index (κ1) is 15.2. The van der Waals surface area contributed by atoms with Crippen LogP contribution >= 0.6 is 0 Å². The molecule has 0 heterocycles. The molecule has 2 nitrogen and oxygen atoms in total. The van der Waals surface area contributed by atoms with E-state index in [0.29, 0.717) is 19.4 Å². The largest absolute Gasteiger partial charge is 0.416 e. The standard InChI is InChI=1S/C12H16F3NOS/c1-2-10(6-7-16)18(17)11-5-3-4-9(8-11)12(13,14)15/h3-5,8,10H,2,6-7,16H2,1H3. The van der Waals surface area contributed by atoms with Gasteiger partial charge in [0.05, 0.1) is 16.4 Å². The van der Waals surface area contributed by atoms with E-state index in [2.05, 4.69) is 0 Å². The normalized spacial score (nSPS) is 15.4. The molecule has 1 aromatic rings. The van der Waals surface area contributed by atoms with E-state index in [9.17, 15) is 17.4 Å². The lowest BCUT2D eigenvalue weighted by atomic mass is 10.2. The van der Waals surface area contributed by atoms with E-state index in [-0.39, 0.29) is 10.1 Å². The highest BCUT2D eigenvalue weighted by Gasteiger charge is 2.31. The number of hydrogen-bond acceptors (Lipinski definition) is 2. The molecule has 0 saturated carbocycles. The average Bonchev–Trinajstić information content (AvgIpc) is 2.34. The molecule has 0 amide bonds. The summed E-state index contributed by atoms with van der Waals surface area (Å²) in [7, 11) is -1.45. The van der Waals surface area contributed by atoms with Gasteiger partial charge < -0.3 is 5.73 Å². The number of benzene rings is 1. The minimum Gasteiger partial charge on any atom is -0.330 e. The maximum Gasteiger partial charge on any atom is 0.416 e. The first-order valence-corrected chi connectivity index (χ1v) is 6.89. The fraction of sp³-hybridized carbons (Fsp3) is 0.500. The molecule has 0 aliphatic heterocycles. The molecule has 0 aliphatic rings. The molecule has 0 fully saturated rings. The minimum atomic E-state index is -4.41. The number of nitrogens with two attached hydrogens (primary N) is 1. The van der Waals surface area contributed by atoms with Gasteiger partial charge in [-0.05, 0) is 37.6 Å². The van der Waals surface area contributed by atoms with Crippen LogP contribution in [0.15, 0.2) is 29.2 Å². The number of halogens is 3. The van der Waals surface area contributed by atoms with Crippen molar-refractivity contribution in [3.05, 3.63) is 29.8 Å². The van der Waals surface area contributed by atoms with Gasteiger partial charge in [-0.25, -0.2) is 0 Å². The van der Waals surface area contributed by atoms with Gasteiger partial charge >= 0.3 is 6.18 Å². The Kier molecular flexibility index (Phi) is 5.34. The third-order valence-electron chi connectivity index (χ3n) is 2.64. The average molecular weight is 279 g/mol. The zero-order valence-corrected chi connectivity index (χ0v) is 10.9. The first-order valence-electron chi connectivity index (χ1n) is 5.68. The lowest BCUT2D eigenvalue weighted by Crippen LogP contribution is -2.19. The first-order chi connectivity index (χ1) is 8.40. The van der Waals surface area contributed by atoms with Crippen molar-refractivity contribution in [3.8, 4) is 0 Å². The molecule has 0 spiro atoms. The van der Waals surface area contributed by atoms with Crippen molar-refractivity contribution in [1.29, 1.82) is 0 Å². The summed E-state index contributed by atoms with van der Waals surface area (Å²) in [6, 6.07) is 4.68. The van der Waals surface area contributed by atoms with Gasteiger partial charge in [-0.3, -0.25) is 4.21 Å². The van der Waals surface area contributed by atoms with Crippen LogP contribution in [-0.2, 0) is 17.0 Å². The van der Waals surface area contributed by atoms with Gasteiger partial charge in [-0.1, -0.05) is 13.0 Å². The molecule has 6 heteroatoms. The van der Waals surface area contributed by atoms with Crippen molar-refractivity contribution < 1.29 is 17.4 Å². The Morgan fingerprint density at radius 1 is 1.39 bits per heavy atom. The van der Waals surface area contributed by atoms with Crippen molar-refractivity contribution >= 4 is 10.8 Å². The zero-order chi connectivity index (χ0) is 13.8. The van der Waals surface area contributed by atoms with Gasteiger partial charge in [0, 0.05) is 10.1 Å². The van der Waals surface area contributed by atoms with Crippen molar-refractivity contribution in [2.75, 3.05) is 6.54 Å². The Bertz CT molecular complexity index is 420. The van der Waals surface area contributed by atoms with E-state index in [0.717, 1.165) is 12.1 Å². The summed E-state index contributed by atoms with van der Waals surface area (Å²) in [5.41, 5.74) is 4.64. The Hall–Kier alpha value is -0.880. The minimum absolute atomic E-state index is 0.196. The van der Waals surface area contributed by atoms with E-state index in [4.69, 9.17) is 5.73 Å². The van der Waals surface area contributed by atoms with Gasteiger partial charge in [-0.2, -0.15) is 13.2 Å². The van der Waals surface area contributed by atoms with Crippen LogP contribution in [0.4, 0.5) is 13.2 Å². The summed E-state index contributed by atoms with van der Waals surface area (Å²) in [4.78, 5) is 0.213. The lowest BCUT2D eigenvalue weighted by Gasteiger charge is -2.14. The zero-order valence-electron chi connectivity index (χ0n) is 10.0. The Morgan fingerprint density at radius 2 is 2.06 bits per heavy atom. The summed E-state index contributed by atoms with van der Waals surface area (Å²) >= 11 is 0. The van der Waals surface area contributed by atoms with Crippen molar-refractivity contribution in [3.63, 3.8) is 0 Å². The van der Waals surface area contributed by atoms with Crippen LogP contribution in [-0.4, -0.2) is 16.0 Å². The maximum absolute atomic E-state index is 12.5. The molecule has 0 aromatic heterocycles. The molecule has 102 valence electrons. The molecule has 1 rings (SSSR count). The summed E-state index contributed by atoms with van der Waals surface area (Å²) < 4.78 is 49.8. The topological polar surface area (TPSA) is 43.1 Å². The molecular weight excluding hydrogens is 263 g/mol. The number of hydrogen-bond donors (Lipinski definition) is 1. The third-order valence-corrected chi connectivity index (χ3v) is 4.53. The quantitative estimate of drug-likeness (QED) is 0.900. The van der Waals surface area contributed by atoms with E-state index in [1.54, 1.807) is 0 Å². The third kappa shape index (κ3) is 3.81. The highest BCUT2D eigenvalue weighted by atomic mass is 32.2. The van der Waals surface area contributed by atoms with Crippen LogP contribution in [0.25, 0.3) is 0 Å². The summed E-state index contributed by atoms with van der Waals surface area (Å²) in [6.07, 6.45) is -3.24. The summed E-state index contributed by atoms with van der Waals surface area (Å²) in [6.45, 7) is 2.23. The second kappa shape index (κ2) is 6.33. The number of alkyl halides is 3. The molecule has 0 saturated heterocycles. The molecule has 2 atom stereocenters. The predicted molar refractivity (Wildman–Crippen MR) is 65.6 cm³/mol. The van der Waals surface area contributed by atoms with Crippen LogP contribution in [0, 0.1) is 0 Å². The molecule has 18 heavy (non-hydrogen) atoms. The summed E-state index contributed by atoms with van der Waals surface area (Å²) in [5, 5.41) is -0.196. The fourth-order valence-corrected chi connectivity index (χ4v) is 3.13. The second-order valence-corrected chi connectivity index (χ2v) is 5.66. The molecule has 0 radical (unpaired) electrons. The Balaban J connectivity index is 2.99. The van der Waals surface area contributed by atoms with Crippen LogP contribution in [0.1, 0.15) is 25.3 Å². The lowest BCUT2D eigenvalue weighted by molar-refractivity contribution is -0.137. The number of rotatable bonds is 5. The van der Waals surface area contributed by atoms with Gasteiger partial charge in [-0.15, -0.1) is 0 Å². The van der Waals surface area contributed by atoms with Crippen molar-refractivity contribution in [2.24, 2.45) is 5.73 Å². The van der Waals surface area contributed by atoms with E-state index in [1.165, 1.54) is 12.1 Å². The van der Waals surface area contributed by atoms with Gasteiger partial charge in [0.25, 0.3) is 0 Å². The predicted octanol–water partition coefficient (Wildman–Crippen LogP) is 2.94. The monoisotopic (exact) mass is 279 g/mol. The van der Waals surface area contributed by atoms with Crippen LogP contribution < -0.4 is 5.73 Å². The highest BCUT2D eigenvalue weighted by Crippen LogP contribution is 2.30. The maximum atomic E-state index is 12.5. The highest BCUT2D eigenvalue weighted by molar-refractivity contribution is 7.85. The molecular formula is C12H16F3NOS. The van der Waals surface area contributed by atoms with Crippen LogP contribution in [0.3, 0.4) is 0 Å². The molecule has 0 aliphatic carbocycles. The molecule has 1 aromatic carbocycles. The fourth-order valence-electron chi connectivity index (χ4n) is 1.64. The smallest absolute Gasteiger partial charge is 0.330 e. The molecule has 0 bridgehead atoms.